The first kappa shape index (κ1) is 27.8. The molecule has 9 heteroatoms. The first-order chi connectivity index (χ1) is 18.7. The monoisotopic (exact) mass is 579 g/mol. The summed E-state index contributed by atoms with van der Waals surface area (Å²) in [6.07, 6.45) is 2.04. The van der Waals surface area contributed by atoms with E-state index in [2.05, 4.69) is 22.2 Å². The van der Waals surface area contributed by atoms with Crippen LogP contribution in [0.3, 0.4) is 0 Å². The minimum atomic E-state index is -1.39. The molecular weight excluding hydrogens is 547 g/mol. The van der Waals surface area contributed by atoms with Crippen LogP contribution in [0.25, 0.3) is 21.2 Å². The van der Waals surface area contributed by atoms with Gasteiger partial charge >= 0.3 is 0 Å². The fraction of sp³-hybridized carbons (Fsp3) is 0.333. The van der Waals surface area contributed by atoms with Gasteiger partial charge in [-0.3, -0.25) is 9.00 Å². The second-order valence-corrected chi connectivity index (χ2v) is 14.7. The number of rotatable bonds is 7. The third kappa shape index (κ3) is 6.72. The predicted octanol–water partition coefficient (Wildman–Crippen LogP) is 5.61. The second kappa shape index (κ2) is 11.8. The summed E-state index contributed by atoms with van der Waals surface area (Å²) in [5, 5.41) is 5.42. The van der Waals surface area contributed by atoms with Crippen molar-refractivity contribution in [2.24, 2.45) is 0 Å². The van der Waals surface area contributed by atoms with Gasteiger partial charge in [-0.25, -0.2) is 13.9 Å². The minimum Gasteiger partial charge on any atom is -0.347 e. The summed E-state index contributed by atoms with van der Waals surface area (Å²) in [5.74, 6) is 1.06. The number of aromatic nitrogens is 1. The van der Waals surface area contributed by atoms with E-state index in [9.17, 15) is 13.2 Å². The van der Waals surface area contributed by atoms with E-state index < -0.39 is 21.8 Å². The summed E-state index contributed by atoms with van der Waals surface area (Å²) in [5.41, 5.74) is 2.62. The first-order valence-corrected chi connectivity index (χ1v) is 16.5. The normalized spacial score (nSPS) is 18.6. The molecule has 3 aromatic carbocycles. The third-order valence-corrected chi connectivity index (χ3v) is 10.6. The van der Waals surface area contributed by atoms with Crippen molar-refractivity contribution in [3.05, 3.63) is 83.0 Å². The summed E-state index contributed by atoms with van der Waals surface area (Å²) in [7, 11) is -2.17. The number of hydrogen-bond donors (Lipinski definition) is 2. The van der Waals surface area contributed by atoms with Gasteiger partial charge in [0, 0.05) is 45.9 Å². The topological polar surface area (TPSA) is 88.2 Å². The fourth-order valence-electron chi connectivity index (χ4n) is 4.72. The molecule has 0 saturated carbocycles. The molecule has 0 aliphatic carbocycles. The van der Waals surface area contributed by atoms with Crippen molar-refractivity contribution in [1.82, 2.24) is 15.0 Å². The van der Waals surface area contributed by atoms with Gasteiger partial charge in [0.1, 0.15) is 11.0 Å². The summed E-state index contributed by atoms with van der Waals surface area (Å²) < 4.78 is 28.2. The van der Waals surface area contributed by atoms with Crippen LogP contribution < -0.4 is 10.0 Å². The molecule has 1 unspecified atom stereocenters. The van der Waals surface area contributed by atoms with Crippen molar-refractivity contribution in [3.8, 4) is 10.4 Å². The van der Waals surface area contributed by atoms with E-state index in [0.29, 0.717) is 22.9 Å². The Morgan fingerprint density at radius 2 is 1.67 bits per heavy atom. The SMILES string of the molecule is CC(C)(C)NS(=O)c1ccc(-c2sc(C(=O)NC3CCS(=O)CC3)nc2Cc2ccccc2)c2ccccc12. The van der Waals surface area contributed by atoms with Crippen LogP contribution in [0, 0.1) is 0 Å². The predicted molar refractivity (Wildman–Crippen MR) is 162 cm³/mol. The number of hydrogen-bond acceptors (Lipinski definition) is 5. The lowest BCUT2D eigenvalue weighted by molar-refractivity contribution is 0.0934. The Kier molecular flexibility index (Phi) is 8.42. The summed E-state index contributed by atoms with van der Waals surface area (Å²) in [6.45, 7) is 5.98. The zero-order valence-corrected chi connectivity index (χ0v) is 24.8. The lowest BCUT2D eigenvalue weighted by Gasteiger charge is -2.21. The van der Waals surface area contributed by atoms with E-state index in [1.807, 2.05) is 75.4 Å². The Morgan fingerprint density at radius 1 is 1.00 bits per heavy atom. The number of nitrogens with zero attached hydrogens (tertiary/aromatic N) is 1. The molecule has 2 N–H and O–H groups in total. The average Bonchev–Trinajstić information content (AvgIpc) is 3.32. The van der Waals surface area contributed by atoms with E-state index in [1.54, 1.807) is 0 Å². The molecule has 1 atom stereocenters. The van der Waals surface area contributed by atoms with Crippen molar-refractivity contribution < 1.29 is 13.2 Å². The molecule has 1 fully saturated rings. The maximum Gasteiger partial charge on any atom is 0.280 e. The number of carbonyl (C=O) groups is 1. The van der Waals surface area contributed by atoms with Crippen molar-refractivity contribution in [2.45, 2.75) is 56.5 Å². The molecular formula is C30H33N3O3S3. The van der Waals surface area contributed by atoms with Gasteiger partial charge in [-0.05, 0) is 56.0 Å². The van der Waals surface area contributed by atoms with Gasteiger partial charge in [-0.1, -0.05) is 60.7 Å². The largest absolute Gasteiger partial charge is 0.347 e. The van der Waals surface area contributed by atoms with Crippen LogP contribution in [0.5, 0.6) is 0 Å². The van der Waals surface area contributed by atoms with E-state index in [1.165, 1.54) is 11.3 Å². The zero-order valence-electron chi connectivity index (χ0n) is 22.4. The molecule has 1 aromatic heterocycles. The lowest BCUT2D eigenvalue weighted by atomic mass is 10.0. The van der Waals surface area contributed by atoms with Crippen LogP contribution in [0.15, 0.2) is 71.6 Å². The summed E-state index contributed by atoms with van der Waals surface area (Å²) in [4.78, 5) is 19.8. The maximum absolute atomic E-state index is 13.3. The maximum atomic E-state index is 13.3. The molecule has 0 spiro atoms. The van der Waals surface area contributed by atoms with E-state index in [4.69, 9.17) is 4.98 Å². The molecule has 1 amide bonds. The molecule has 0 radical (unpaired) electrons. The molecule has 1 aliphatic heterocycles. The number of benzene rings is 3. The lowest BCUT2D eigenvalue weighted by Crippen LogP contribution is -2.39. The smallest absolute Gasteiger partial charge is 0.280 e. The van der Waals surface area contributed by atoms with Gasteiger partial charge < -0.3 is 5.32 Å². The summed E-state index contributed by atoms with van der Waals surface area (Å²) >= 11 is 1.39. The van der Waals surface area contributed by atoms with Crippen LogP contribution in [-0.2, 0) is 28.2 Å². The molecule has 1 saturated heterocycles. The molecule has 2 heterocycles. The van der Waals surface area contributed by atoms with Gasteiger partial charge in [-0.2, -0.15) is 0 Å². The van der Waals surface area contributed by atoms with Crippen molar-refractivity contribution in [1.29, 1.82) is 0 Å². The first-order valence-electron chi connectivity index (χ1n) is 13.1. The van der Waals surface area contributed by atoms with Crippen LogP contribution in [0.1, 0.15) is 54.7 Å². The highest BCUT2D eigenvalue weighted by Crippen LogP contribution is 2.38. The highest BCUT2D eigenvalue weighted by molar-refractivity contribution is 7.85. The standard InChI is InChI=1S/C30H33N3O3S3/c1-30(2,3)33-39(36)26-14-13-24(22-11-7-8-12-23(22)26)27-25(19-20-9-5-4-6-10-20)32-29(37-27)28(34)31-21-15-17-38(35)18-16-21/h4-14,21,33H,15-19H2,1-3H3,(H,31,34). The number of thiazole rings is 1. The Hall–Kier alpha value is -2.72. The second-order valence-electron chi connectivity index (χ2n) is 10.8. The van der Waals surface area contributed by atoms with Gasteiger partial charge in [0.15, 0.2) is 5.01 Å². The van der Waals surface area contributed by atoms with E-state index >= 15 is 0 Å². The zero-order chi connectivity index (χ0) is 27.6. The third-order valence-electron chi connectivity index (χ3n) is 6.56. The highest BCUT2D eigenvalue weighted by Gasteiger charge is 2.25. The molecule has 6 nitrogen and oxygen atoms in total. The summed E-state index contributed by atoms with van der Waals surface area (Å²) in [6, 6.07) is 22.0. The number of amides is 1. The number of fused-ring (bicyclic) bond motifs is 1. The van der Waals surface area contributed by atoms with Crippen LogP contribution in [0.4, 0.5) is 0 Å². The van der Waals surface area contributed by atoms with Crippen LogP contribution in [-0.4, -0.2) is 42.4 Å². The number of carbonyl (C=O) groups excluding carboxylic acids is 1. The van der Waals surface area contributed by atoms with Crippen molar-refractivity contribution in [3.63, 3.8) is 0 Å². The van der Waals surface area contributed by atoms with Gasteiger partial charge in [0.05, 0.1) is 15.5 Å². The van der Waals surface area contributed by atoms with Crippen LogP contribution in [0.2, 0.25) is 0 Å². The van der Waals surface area contributed by atoms with Gasteiger partial charge in [0.25, 0.3) is 5.91 Å². The molecule has 39 heavy (non-hydrogen) atoms. The fourth-order valence-corrected chi connectivity index (χ4v) is 8.28. The Labute approximate surface area is 238 Å². The minimum absolute atomic E-state index is 0.0190. The quantitative estimate of drug-likeness (QED) is 0.298. The van der Waals surface area contributed by atoms with Gasteiger partial charge in [0.2, 0.25) is 0 Å². The Balaban J connectivity index is 1.55. The Morgan fingerprint density at radius 3 is 2.36 bits per heavy atom. The van der Waals surface area contributed by atoms with Crippen molar-refractivity contribution in [2.75, 3.05) is 11.5 Å². The van der Waals surface area contributed by atoms with Crippen LogP contribution >= 0.6 is 11.3 Å². The number of nitrogens with one attached hydrogen (secondary N) is 2. The molecule has 1 aliphatic rings. The highest BCUT2D eigenvalue weighted by atomic mass is 32.2. The molecule has 5 rings (SSSR count). The average molecular weight is 580 g/mol. The van der Waals surface area contributed by atoms with Crippen molar-refractivity contribution >= 4 is 49.8 Å². The Bertz CT molecular complexity index is 1530. The molecule has 204 valence electrons. The van der Waals surface area contributed by atoms with E-state index in [0.717, 1.165) is 50.2 Å². The van der Waals surface area contributed by atoms with Gasteiger partial charge in [-0.15, -0.1) is 11.3 Å². The van der Waals surface area contributed by atoms with E-state index in [-0.39, 0.29) is 17.5 Å². The molecule has 0 bridgehead atoms. The molecule has 4 aromatic rings.